The molecule has 2 aliphatic rings. The molecule has 1 amide bonds. The van der Waals surface area contributed by atoms with Crippen LogP contribution in [0.15, 0.2) is 53.1 Å². The molecule has 1 aliphatic heterocycles. The maximum Gasteiger partial charge on any atom is 0.230 e. The number of rotatable bonds is 4. The van der Waals surface area contributed by atoms with Gasteiger partial charge in [-0.05, 0) is 55.5 Å². The van der Waals surface area contributed by atoms with E-state index < -0.39 is 0 Å². The molecule has 1 saturated carbocycles. The third-order valence-electron chi connectivity index (χ3n) is 5.84. The fourth-order valence-corrected chi connectivity index (χ4v) is 4.33. The summed E-state index contributed by atoms with van der Waals surface area (Å²) < 4.78 is 1.05. The largest absolute Gasteiger partial charge is 0.356 e. The number of carbonyl (C=O) groups is 1. The number of nitrogens with one attached hydrogen (secondary N) is 1. The van der Waals surface area contributed by atoms with Crippen LogP contribution in [0.1, 0.15) is 37.7 Å². The molecule has 1 aliphatic carbocycles. The van der Waals surface area contributed by atoms with Crippen molar-refractivity contribution < 1.29 is 4.79 Å². The highest BCUT2D eigenvalue weighted by Crippen LogP contribution is 2.44. The molecule has 0 atom stereocenters. The van der Waals surface area contributed by atoms with Crippen molar-refractivity contribution in [2.75, 3.05) is 18.0 Å². The van der Waals surface area contributed by atoms with Gasteiger partial charge in [-0.2, -0.15) is 0 Å². The van der Waals surface area contributed by atoms with Crippen LogP contribution in [0.5, 0.6) is 0 Å². The van der Waals surface area contributed by atoms with Crippen LogP contribution >= 0.6 is 15.9 Å². The Kier molecular flexibility index (Phi) is 4.98. The van der Waals surface area contributed by atoms with Crippen LogP contribution in [0.2, 0.25) is 0 Å². The average Bonchev–Trinajstić information content (AvgIpc) is 2.64. The summed E-state index contributed by atoms with van der Waals surface area (Å²) in [5.41, 5.74) is 0.828. The minimum atomic E-state index is -0.321. The standard InChI is InChI=1S/C21H24BrN3O/c22-17-7-5-16(6-8-17)21(11-3-12-21)20(26)24-18-9-14-25(15-10-18)19-4-1-2-13-23-19/h1-2,4-8,13,18H,3,9-12,14-15H2,(H,24,26). The fourth-order valence-electron chi connectivity index (χ4n) is 4.06. The van der Waals surface area contributed by atoms with Crippen molar-refractivity contribution in [3.63, 3.8) is 0 Å². The van der Waals surface area contributed by atoms with Crippen LogP contribution < -0.4 is 10.2 Å². The van der Waals surface area contributed by atoms with E-state index >= 15 is 0 Å². The van der Waals surface area contributed by atoms with E-state index in [0.717, 1.165) is 61.0 Å². The number of amides is 1. The second-order valence-corrected chi connectivity index (χ2v) is 8.28. The molecule has 2 fully saturated rings. The third kappa shape index (κ3) is 3.37. The van der Waals surface area contributed by atoms with Crippen molar-refractivity contribution in [2.24, 2.45) is 0 Å². The van der Waals surface area contributed by atoms with E-state index in [1.807, 2.05) is 30.5 Å². The molecular weight excluding hydrogens is 390 g/mol. The average molecular weight is 414 g/mol. The minimum absolute atomic E-state index is 0.211. The zero-order valence-electron chi connectivity index (χ0n) is 14.8. The van der Waals surface area contributed by atoms with Crippen molar-refractivity contribution in [1.29, 1.82) is 0 Å². The van der Waals surface area contributed by atoms with Crippen LogP contribution in [0, 0.1) is 0 Å². The first-order valence-electron chi connectivity index (χ1n) is 9.40. The maximum absolute atomic E-state index is 13.1. The monoisotopic (exact) mass is 413 g/mol. The smallest absolute Gasteiger partial charge is 0.230 e. The highest BCUT2D eigenvalue weighted by Gasteiger charge is 2.46. The topological polar surface area (TPSA) is 45.2 Å². The normalized spacial score (nSPS) is 19.7. The summed E-state index contributed by atoms with van der Waals surface area (Å²) in [6, 6.07) is 14.5. The highest BCUT2D eigenvalue weighted by molar-refractivity contribution is 9.10. The minimum Gasteiger partial charge on any atom is -0.356 e. The van der Waals surface area contributed by atoms with E-state index in [0.29, 0.717) is 0 Å². The van der Waals surface area contributed by atoms with E-state index in [-0.39, 0.29) is 17.4 Å². The summed E-state index contributed by atoms with van der Waals surface area (Å²) in [5, 5.41) is 3.35. The number of aromatic nitrogens is 1. The first-order valence-corrected chi connectivity index (χ1v) is 10.2. The molecule has 1 aromatic heterocycles. The van der Waals surface area contributed by atoms with Crippen molar-refractivity contribution in [3.8, 4) is 0 Å². The summed E-state index contributed by atoms with van der Waals surface area (Å²) in [5.74, 6) is 1.24. The summed E-state index contributed by atoms with van der Waals surface area (Å²) in [6.07, 6.45) is 6.81. The number of hydrogen-bond acceptors (Lipinski definition) is 3. The molecule has 0 spiro atoms. The molecule has 26 heavy (non-hydrogen) atoms. The summed E-state index contributed by atoms with van der Waals surface area (Å²) in [7, 11) is 0. The van der Waals surface area contributed by atoms with Gasteiger partial charge < -0.3 is 10.2 Å². The van der Waals surface area contributed by atoms with E-state index in [1.54, 1.807) is 0 Å². The third-order valence-corrected chi connectivity index (χ3v) is 6.37. The van der Waals surface area contributed by atoms with Gasteiger partial charge in [0.05, 0.1) is 5.41 Å². The quantitative estimate of drug-likeness (QED) is 0.821. The molecular formula is C21H24BrN3O. The number of piperidine rings is 1. The predicted molar refractivity (Wildman–Crippen MR) is 107 cm³/mol. The Morgan fingerprint density at radius 3 is 2.42 bits per heavy atom. The Morgan fingerprint density at radius 1 is 1.12 bits per heavy atom. The number of carbonyl (C=O) groups excluding carboxylic acids is 1. The van der Waals surface area contributed by atoms with Crippen LogP contribution in [0.25, 0.3) is 0 Å². The van der Waals surface area contributed by atoms with Gasteiger partial charge in [0.25, 0.3) is 0 Å². The highest BCUT2D eigenvalue weighted by atomic mass is 79.9. The second kappa shape index (κ2) is 7.39. The molecule has 1 N–H and O–H groups in total. The predicted octanol–water partition coefficient (Wildman–Crippen LogP) is 4.05. The van der Waals surface area contributed by atoms with Crippen LogP contribution in [-0.2, 0) is 10.2 Å². The molecule has 2 heterocycles. The van der Waals surface area contributed by atoms with Gasteiger partial charge in [-0.15, -0.1) is 0 Å². The first-order chi connectivity index (χ1) is 12.7. The lowest BCUT2D eigenvalue weighted by atomic mass is 9.63. The maximum atomic E-state index is 13.1. The summed E-state index contributed by atoms with van der Waals surface area (Å²) >= 11 is 3.48. The van der Waals surface area contributed by atoms with Crippen molar-refractivity contribution >= 4 is 27.7 Å². The number of benzene rings is 1. The SMILES string of the molecule is O=C(NC1CCN(c2ccccn2)CC1)C1(c2ccc(Br)cc2)CCC1. The molecule has 1 saturated heterocycles. The summed E-state index contributed by atoms with van der Waals surface area (Å²) in [6.45, 7) is 1.88. The van der Waals surface area contributed by atoms with Gasteiger partial charge in [-0.25, -0.2) is 4.98 Å². The molecule has 4 nitrogen and oxygen atoms in total. The van der Waals surface area contributed by atoms with E-state index in [2.05, 4.69) is 49.3 Å². The number of nitrogens with zero attached hydrogens (tertiary/aromatic N) is 2. The van der Waals surface area contributed by atoms with Gasteiger partial charge in [0, 0.05) is 29.8 Å². The van der Waals surface area contributed by atoms with Crippen molar-refractivity contribution in [3.05, 3.63) is 58.7 Å². The number of hydrogen-bond donors (Lipinski definition) is 1. The molecule has 2 aromatic rings. The lowest BCUT2D eigenvalue weighted by Crippen LogP contribution is -2.54. The Bertz CT molecular complexity index is 751. The Labute approximate surface area is 163 Å². The molecule has 0 bridgehead atoms. The van der Waals surface area contributed by atoms with Gasteiger partial charge in [0.2, 0.25) is 5.91 Å². The lowest BCUT2D eigenvalue weighted by molar-refractivity contribution is -0.130. The van der Waals surface area contributed by atoms with Crippen LogP contribution in [-0.4, -0.2) is 30.0 Å². The first kappa shape index (κ1) is 17.5. The van der Waals surface area contributed by atoms with Crippen LogP contribution in [0.4, 0.5) is 5.82 Å². The van der Waals surface area contributed by atoms with Gasteiger partial charge in [0.15, 0.2) is 0 Å². The fraction of sp³-hybridized carbons (Fsp3) is 0.429. The molecule has 1 aromatic carbocycles. The van der Waals surface area contributed by atoms with E-state index in [1.165, 1.54) is 0 Å². The molecule has 0 unspecified atom stereocenters. The van der Waals surface area contributed by atoms with Gasteiger partial charge in [-0.3, -0.25) is 4.79 Å². The van der Waals surface area contributed by atoms with Gasteiger partial charge in [0.1, 0.15) is 5.82 Å². The van der Waals surface area contributed by atoms with Gasteiger partial charge >= 0.3 is 0 Å². The number of halogens is 1. The Balaban J connectivity index is 1.38. The summed E-state index contributed by atoms with van der Waals surface area (Å²) in [4.78, 5) is 19.8. The number of pyridine rings is 1. The zero-order chi connectivity index (χ0) is 18.0. The number of anilines is 1. The molecule has 0 radical (unpaired) electrons. The molecule has 136 valence electrons. The van der Waals surface area contributed by atoms with Crippen molar-refractivity contribution in [1.82, 2.24) is 10.3 Å². The van der Waals surface area contributed by atoms with Crippen molar-refractivity contribution in [2.45, 2.75) is 43.6 Å². The van der Waals surface area contributed by atoms with Gasteiger partial charge in [-0.1, -0.05) is 40.5 Å². The second-order valence-electron chi connectivity index (χ2n) is 7.37. The lowest BCUT2D eigenvalue weighted by Gasteiger charge is -2.42. The Morgan fingerprint density at radius 2 is 1.85 bits per heavy atom. The zero-order valence-corrected chi connectivity index (χ0v) is 16.4. The Hall–Kier alpha value is -1.88. The molecule has 5 heteroatoms. The van der Waals surface area contributed by atoms with E-state index in [9.17, 15) is 4.79 Å². The van der Waals surface area contributed by atoms with E-state index in [4.69, 9.17) is 0 Å². The van der Waals surface area contributed by atoms with Crippen LogP contribution in [0.3, 0.4) is 0 Å². The molecule has 4 rings (SSSR count).